The van der Waals surface area contributed by atoms with Crippen molar-refractivity contribution in [1.29, 1.82) is 5.26 Å². The maximum Gasteiger partial charge on any atom is 0.341 e. The van der Waals surface area contributed by atoms with Crippen LogP contribution in [0.2, 0.25) is 0 Å². The normalized spacial score (nSPS) is 16.6. The average Bonchev–Trinajstić information content (AvgIpc) is 3.09. The third-order valence-electron chi connectivity index (χ3n) is 6.14. The molecular weight excluding hydrogens is 456 g/mol. The van der Waals surface area contributed by atoms with E-state index in [0.717, 1.165) is 0 Å². The number of amides is 1. The molecule has 0 radical (unpaired) electrons. The number of hydrogen-bond acceptors (Lipinski definition) is 6. The topological polar surface area (TPSA) is 122 Å². The van der Waals surface area contributed by atoms with Crippen molar-refractivity contribution >= 4 is 27.6 Å². The van der Waals surface area contributed by atoms with E-state index in [-0.39, 0.29) is 36.1 Å². The first kappa shape index (κ1) is 25.5. The highest BCUT2D eigenvalue weighted by molar-refractivity contribution is 7.89. The van der Waals surface area contributed by atoms with Crippen molar-refractivity contribution in [2.24, 2.45) is 5.92 Å². The van der Waals surface area contributed by atoms with Crippen LogP contribution in [0.25, 0.3) is 0 Å². The summed E-state index contributed by atoms with van der Waals surface area (Å²) in [6.45, 7) is 7.85. The van der Waals surface area contributed by atoms with E-state index in [4.69, 9.17) is 10.00 Å². The van der Waals surface area contributed by atoms with Crippen molar-refractivity contribution in [2.75, 3.05) is 25.0 Å². The number of hydrogen-bond donors (Lipinski definition) is 1. The van der Waals surface area contributed by atoms with Crippen molar-refractivity contribution in [3.05, 3.63) is 46.8 Å². The number of esters is 1. The van der Waals surface area contributed by atoms with Crippen LogP contribution >= 0.6 is 0 Å². The van der Waals surface area contributed by atoms with E-state index in [9.17, 15) is 18.0 Å². The molecule has 1 amide bonds. The third-order valence-corrected chi connectivity index (χ3v) is 8.16. The van der Waals surface area contributed by atoms with Gasteiger partial charge in [-0.15, -0.1) is 0 Å². The molecule has 1 saturated heterocycles. The number of carbonyl (C=O) groups excluding carboxylic acids is 2. The Morgan fingerprint density at radius 3 is 2.62 bits per heavy atom. The van der Waals surface area contributed by atoms with Gasteiger partial charge in [-0.25, -0.2) is 13.2 Å². The molecule has 2 heterocycles. The van der Waals surface area contributed by atoms with Crippen molar-refractivity contribution in [1.82, 2.24) is 8.87 Å². The quantitative estimate of drug-likeness (QED) is 0.600. The van der Waals surface area contributed by atoms with E-state index in [1.165, 1.54) is 4.31 Å². The number of aromatic nitrogens is 1. The van der Waals surface area contributed by atoms with E-state index in [2.05, 4.69) is 5.32 Å². The summed E-state index contributed by atoms with van der Waals surface area (Å²) in [5, 5.41) is 11.9. The second kappa shape index (κ2) is 10.4. The van der Waals surface area contributed by atoms with Gasteiger partial charge in [-0.3, -0.25) is 4.79 Å². The minimum Gasteiger partial charge on any atom is -0.462 e. The highest BCUT2D eigenvalue weighted by Gasteiger charge is 2.39. The van der Waals surface area contributed by atoms with E-state index in [1.54, 1.807) is 49.6 Å². The Labute approximate surface area is 200 Å². The molecule has 34 heavy (non-hydrogen) atoms. The summed E-state index contributed by atoms with van der Waals surface area (Å²) in [7, 11) is -4.06. The summed E-state index contributed by atoms with van der Waals surface area (Å²) in [4.78, 5) is 25.6. The SMILES string of the molecule is CCOC(=O)c1c(S(=O)(=O)N2CCCC(C(=O)Nc3cccc(C#N)c3)C2)c(C)n(CC)c1C. The second-order valence-electron chi connectivity index (χ2n) is 8.22. The first-order valence-electron chi connectivity index (χ1n) is 11.3. The van der Waals surface area contributed by atoms with Gasteiger partial charge < -0.3 is 14.6 Å². The van der Waals surface area contributed by atoms with Crippen molar-refractivity contribution in [2.45, 2.75) is 52.0 Å². The minimum absolute atomic E-state index is 0.00413. The molecular formula is C24H30N4O5S. The summed E-state index contributed by atoms with van der Waals surface area (Å²) >= 11 is 0. The number of nitriles is 1. The maximum absolute atomic E-state index is 13.8. The summed E-state index contributed by atoms with van der Waals surface area (Å²) in [5.74, 6) is -1.54. The van der Waals surface area contributed by atoms with Gasteiger partial charge in [-0.1, -0.05) is 6.07 Å². The molecule has 1 aliphatic heterocycles. The van der Waals surface area contributed by atoms with Crippen LogP contribution in [0.1, 0.15) is 54.0 Å². The van der Waals surface area contributed by atoms with Gasteiger partial charge in [0.15, 0.2) is 0 Å². The molecule has 1 aliphatic rings. The molecule has 0 saturated carbocycles. The summed E-state index contributed by atoms with van der Waals surface area (Å²) in [6.07, 6.45) is 1.05. The monoisotopic (exact) mass is 486 g/mol. The maximum atomic E-state index is 13.8. The minimum atomic E-state index is -4.06. The zero-order chi connectivity index (χ0) is 25.0. The number of carbonyl (C=O) groups is 2. The lowest BCUT2D eigenvalue weighted by atomic mass is 9.98. The fourth-order valence-corrected chi connectivity index (χ4v) is 6.48. The molecule has 0 aliphatic carbocycles. The first-order chi connectivity index (χ1) is 16.1. The Bertz CT molecular complexity index is 1240. The number of nitrogens with one attached hydrogen (secondary N) is 1. The fraction of sp³-hybridized carbons (Fsp3) is 0.458. The van der Waals surface area contributed by atoms with Gasteiger partial charge in [-0.05, 0) is 58.7 Å². The molecule has 182 valence electrons. The van der Waals surface area contributed by atoms with E-state index < -0.39 is 21.9 Å². The Kier molecular flexibility index (Phi) is 7.79. The van der Waals surface area contributed by atoms with Crippen LogP contribution in [0.5, 0.6) is 0 Å². The number of piperidine rings is 1. The Balaban J connectivity index is 1.90. The third kappa shape index (κ3) is 4.86. The number of anilines is 1. The highest BCUT2D eigenvalue weighted by Crippen LogP contribution is 2.33. The molecule has 0 spiro atoms. The number of sulfonamides is 1. The lowest BCUT2D eigenvalue weighted by Gasteiger charge is -2.31. The molecule has 9 nitrogen and oxygen atoms in total. The largest absolute Gasteiger partial charge is 0.462 e. The van der Waals surface area contributed by atoms with Crippen LogP contribution < -0.4 is 5.32 Å². The van der Waals surface area contributed by atoms with Gasteiger partial charge in [0.05, 0.1) is 24.2 Å². The van der Waals surface area contributed by atoms with Gasteiger partial charge in [0.25, 0.3) is 0 Å². The summed E-state index contributed by atoms with van der Waals surface area (Å²) in [5.41, 5.74) is 1.98. The number of ether oxygens (including phenoxy) is 1. The summed E-state index contributed by atoms with van der Waals surface area (Å²) in [6, 6.07) is 8.59. The smallest absolute Gasteiger partial charge is 0.341 e. The molecule has 2 aromatic rings. The average molecular weight is 487 g/mol. The zero-order valence-electron chi connectivity index (χ0n) is 19.9. The molecule has 0 bridgehead atoms. The van der Waals surface area contributed by atoms with E-state index in [0.29, 0.717) is 42.0 Å². The molecule has 1 aromatic carbocycles. The number of benzene rings is 1. The summed E-state index contributed by atoms with van der Waals surface area (Å²) < 4.78 is 35.8. The lowest BCUT2D eigenvalue weighted by molar-refractivity contribution is -0.120. The molecule has 1 atom stereocenters. The molecule has 3 rings (SSSR count). The van der Waals surface area contributed by atoms with Crippen LogP contribution in [0.4, 0.5) is 5.69 Å². The van der Waals surface area contributed by atoms with Gasteiger partial charge in [0.2, 0.25) is 15.9 Å². The fourth-order valence-electron chi connectivity index (χ4n) is 4.50. The molecule has 1 unspecified atom stereocenters. The Hall–Kier alpha value is -3.16. The Morgan fingerprint density at radius 1 is 1.24 bits per heavy atom. The molecule has 1 fully saturated rings. The van der Waals surface area contributed by atoms with Crippen LogP contribution in [-0.2, 0) is 26.1 Å². The number of rotatable bonds is 7. The van der Waals surface area contributed by atoms with Gasteiger partial charge in [0, 0.05) is 36.7 Å². The highest BCUT2D eigenvalue weighted by atomic mass is 32.2. The predicted molar refractivity (Wildman–Crippen MR) is 127 cm³/mol. The standard InChI is InChI=1S/C24H30N4O5S/c1-5-28-16(3)21(24(30)33-6-2)22(17(28)4)34(31,32)27-12-8-10-19(15-27)23(29)26-20-11-7-9-18(13-20)14-25/h7,9,11,13,19H,5-6,8,10,12,15H2,1-4H3,(H,26,29). The van der Waals surface area contributed by atoms with Gasteiger partial charge in [0.1, 0.15) is 10.5 Å². The van der Waals surface area contributed by atoms with Gasteiger partial charge in [-0.2, -0.15) is 9.57 Å². The van der Waals surface area contributed by atoms with Crippen LogP contribution in [0, 0.1) is 31.1 Å². The van der Waals surface area contributed by atoms with Crippen LogP contribution in [0.3, 0.4) is 0 Å². The first-order valence-corrected chi connectivity index (χ1v) is 12.8. The predicted octanol–water partition coefficient (Wildman–Crippen LogP) is 3.21. The van der Waals surface area contributed by atoms with Crippen LogP contribution in [0.15, 0.2) is 29.2 Å². The molecule has 1 N–H and O–H groups in total. The van der Waals surface area contributed by atoms with Crippen LogP contribution in [-0.4, -0.2) is 48.9 Å². The van der Waals surface area contributed by atoms with E-state index in [1.807, 2.05) is 13.0 Å². The van der Waals surface area contributed by atoms with Crippen molar-refractivity contribution in [3.63, 3.8) is 0 Å². The van der Waals surface area contributed by atoms with Crippen molar-refractivity contribution in [3.8, 4) is 6.07 Å². The van der Waals surface area contributed by atoms with E-state index >= 15 is 0 Å². The molecule has 1 aromatic heterocycles. The van der Waals surface area contributed by atoms with Gasteiger partial charge >= 0.3 is 5.97 Å². The van der Waals surface area contributed by atoms with Crippen molar-refractivity contribution < 1.29 is 22.7 Å². The molecule has 10 heteroatoms. The number of nitrogens with zero attached hydrogens (tertiary/aromatic N) is 3. The lowest BCUT2D eigenvalue weighted by Crippen LogP contribution is -2.44. The zero-order valence-corrected chi connectivity index (χ0v) is 20.7. The Morgan fingerprint density at radius 2 is 1.97 bits per heavy atom. The second-order valence-corrected chi connectivity index (χ2v) is 10.1.